The van der Waals surface area contributed by atoms with Gasteiger partial charge in [-0.25, -0.2) is 9.78 Å². The molecule has 1 aromatic heterocycles. The van der Waals surface area contributed by atoms with Crippen LogP contribution in [0.4, 0.5) is 11.5 Å². The monoisotopic (exact) mass is 251 g/mol. The summed E-state index contributed by atoms with van der Waals surface area (Å²) in [6, 6.07) is 1.80. The third kappa shape index (κ3) is 3.61. The molecule has 5 heteroatoms. The minimum atomic E-state index is -0.450. The maximum atomic E-state index is 11.5. The second kappa shape index (κ2) is 6.23. The van der Waals surface area contributed by atoms with Crippen molar-refractivity contribution in [2.75, 3.05) is 18.2 Å². The first-order chi connectivity index (χ1) is 8.45. The molecule has 0 radical (unpaired) electrons. The molecule has 1 rings (SSSR count). The van der Waals surface area contributed by atoms with Gasteiger partial charge in [0.25, 0.3) is 0 Å². The molecule has 3 N–H and O–H groups in total. The summed E-state index contributed by atoms with van der Waals surface area (Å²) in [5, 5.41) is 3.22. The third-order valence-corrected chi connectivity index (χ3v) is 2.60. The summed E-state index contributed by atoms with van der Waals surface area (Å²) in [7, 11) is 1.33. The van der Waals surface area contributed by atoms with Crippen LogP contribution in [0.25, 0.3) is 0 Å². The number of aromatic nitrogens is 1. The number of carbonyl (C=O) groups excluding carboxylic acids is 1. The number of anilines is 2. The van der Waals surface area contributed by atoms with Crippen LogP contribution >= 0.6 is 0 Å². The number of rotatable bonds is 5. The molecule has 100 valence electrons. The van der Waals surface area contributed by atoms with E-state index in [9.17, 15) is 4.79 Å². The van der Waals surface area contributed by atoms with Crippen LogP contribution in [-0.2, 0) is 4.74 Å². The lowest BCUT2D eigenvalue weighted by molar-refractivity contribution is 0.0602. The lowest BCUT2D eigenvalue weighted by Crippen LogP contribution is -2.20. The number of nitrogens with zero attached hydrogens (tertiary/aromatic N) is 1. The fraction of sp³-hybridized carbons (Fsp3) is 0.538. The summed E-state index contributed by atoms with van der Waals surface area (Å²) in [4.78, 5) is 15.7. The Hall–Kier alpha value is -1.78. The molecule has 0 aliphatic carbocycles. The summed E-state index contributed by atoms with van der Waals surface area (Å²) >= 11 is 0. The maximum absolute atomic E-state index is 11.5. The summed E-state index contributed by atoms with van der Waals surface area (Å²) in [6.07, 6.45) is 2.55. The van der Waals surface area contributed by atoms with Gasteiger partial charge >= 0.3 is 5.97 Å². The van der Waals surface area contributed by atoms with Crippen molar-refractivity contribution >= 4 is 17.5 Å². The lowest BCUT2D eigenvalue weighted by atomic mass is 10.1. The molecule has 0 fully saturated rings. The Bertz CT molecular complexity index is 419. The van der Waals surface area contributed by atoms with Gasteiger partial charge in [0.05, 0.1) is 18.4 Å². The molecule has 0 aliphatic heterocycles. The largest absolute Gasteiger partial charge is 0.465 e. The normalized spacial score (nSPS) is 12.3. The Balaban J connectivity index is 2.87. The Morgan fingerprint density at radius 3 is 2.72 bits per heavy atom. The number of esters is 1. The van der Waals surface area contributed by atoms with Gasteiger partial charge in [-0.2, -0.15) is 0 Å². The van der Waals surface area contributed by atoms with Crippen LogP contribution in [0.15, 0.2) is 12.3 Å². The number of nitrogens with two attached hydrogens (primary N) is 1. The molecule has 0 spiro atoms. The molecule has 0 saturated heterocycles. The molecule has 18 heavy (non-hydrogen) atoms. The minimum absolute atomic E-state index is 0.243. The number of nitrogen functional groups attached to an aromatic ring is 1. The topological polar surface area (TPSA) is 77.2 Å². The van der Waals surface area contributed by atoms with Crippen molar-refractivity contribution < 1.29 is 9.53 Å². The number of nitrogens with one attached hydrogen (secondary N) is 1. The smallest absolute Gasteiger partial charge is 0.340 e. The van der Waals surface area contributed by atoms with Gasteiger partial charge in [-0.15, -0.1) is 0 Å². The van der Waals surface area contributed by atoms with Crippen molar-refractivity contribution in [1.29, 1.82) is 0 Å². The highest BCUT2D eigenvalue weighted by Gasteiger charge is 2.15. The SMILES string of the molecule is COC(=O)c1ccnc(NC(C)CC(C)C)c1N. The number of hydrogen-bond donors (Lipinski definition) is 2. The van der Waals surface area contributed by atoms with E-state index in [1.807, 2.05) is 0 Å². The number of pyridine rings is 1. The van der Waals surface area contributed by atoms with E-state index >= 15 is 0 Å². The van der Waals surface area contributed by atoms with Gasteiger partial charge in [0, 0.05) is 12.2 Å². The molecule has 0 aliphatic rings. The van der Waals surface area contributed by atoms with E-state index in [2.05, 4.69) is 35.8 Å². The van der Waals surface area contributed by atoms with Crippen LogP contribution in [0.1, 0.15) is 37.6 Å². The van der Waals surface area contributed by atoms with E-state index in [0.29, 0.717) is 23.0 Å². The molecule has 0 aromatic carbocycles. The Labute approximate surface area is 108 Å². The molecule has 1 heterocycles. The van der Waals surface area contributed by atoms with Crippen molar-refractivity contribution in [2.24, 2.45) is 5.92 Å². The van der Waals surface area contributed by atoms with Gasteiger partial charge in [0.15, 0.2) is 0 Å². The zero-order valence-electron chi connectivity index (χ0n) is 11.4. The van der Waals surface area contributed by atoms with Crippen molar-refractivity contribution in [3.05, 3.63) is 17.8 Å². The van der Waals surface area contributed by atoms with Crippen LogP contribution in [0.2, 0.25) is 0 Å². The molecular formula is C13H21N3O2. The van der Waals surface area contributed by atoms with E-state index in [1.54, 1.807) is 12.3 Å². The predicted octanol–water partition coefficient (Wildman–Crippen LogP) is 2.30. The predicted molar refractivity (Wildman–Crippen MR) is 72.5 cm³/mol. The fourth-order valence-electron chi connectivity index (χ4n) is 1.88. The van der Waals surface area contributed by atoms with E-state index in [4.69, 9.17) is 5.73 Å². The highest BCUT2D eigenvalue weighted by Crippen LogP contribution is 2.22. The molecule has 5 nitrogen and oxygen atoms in total. The third-order valence-electron chi connectivity index (χ3n) is 2.60. The highest BCUT2D eigenvalue weighted by atomic mass is 16.5. The average Bonchev–Trinajstić information content (AvgIpc) is 2.30. The van der Waals surface area contributed by atoms with Gasteiger partial charge < -0.3 is 15.8 Å². The van der Waals surface area contributed by atoms with Crippen LogP contribution in [0.3, 0.4) is 0 Å². The number of ether oxygens (including phenoxy) is 1. The van der Waals surface area contributed by atoms with E-state index in [0.717, 1.165) is 6.42 Å². The van der Waals surface area contributed by atoms with Crippen molar-refractivity contribution in [3.8, 4) is 0 Å². The van der Waals surface area contributed by atoms with Gasteiger partial charge in [-0.05, 0) is 25.3 Å². The first kappa shape index (κ1) is 14.3. The number of methoxy groups -OCH3 is 1. The van der Waals surface area contributed by atoms with Gasteiger partial charge in [-0.1, -0.05) is 13.8 Å². The zero-order chi connectivity index (χ0) is 13.7. The van der Waals surface area contributed by atoms with E-state index in [-0.39, 0.29) is 6.04 Å². The second-order valence-corrected chi connectivity index (χ2v) is 4.79. The van der Waals surface area contributed by atoms with Crippen LogP contribution < -0.4 is 11.1 Å². The summed E-state index contributed by atoms with van der Waals surface area (Å²) < 4.78 is 4.67. The summed E-state index contributed by atoms with van der Waals surface area (Å²) in [6.45, 7) is 6.37. The first-order valence-corrected chi connectivity index (χ1v) is 6.05. The van der Waals surface area contributed by atoms with E-state index < -0.39 is 5.97 Å². The van der Waals surface area contributed by atoms with E-state index in [1.165, 1.54) is 7.11 Å². The summed E-state index contributed by atoms with van der Waals surface area (Å²) in [5.41, 5.74) is 6.59. The van der Waals surface area contributed by atoms with Crippen LogP contribution in [-0.4, -0.2) is 24.1 Å². The summed E-state index contributed by atoms with van der Waals surface area (Å²) in [5.74, 6) is 0.665. The lowest BCUT2D eigenvalue weighted by Gasteiger charge is -2.18. The molecule has 1 atom stereocenters. The van der Waals surface area contributed by atoms with Crippen LogP contribution in [0, 0.1) is 5.92 Å². The second-order valence-electron chi connectivity index (χ2n) is 4.79. The fourth-order valence-corrected chi connectivity index (χ4v) is 1.88. The number of carbonyl (C=O) groups is 1. The number of hydrogen-bond acceptors (Lipinski definition) is 5. The van der Waals surface area contributed by atoms with Gasteiger partial charge in [0.2, 0.25) is 0 Å². The quantitative estimate of drug-likeness (QED) is 0.785. The first-order valence-electron chi connectivity index (χ1n) is 6.05. The average molecular weight is 251 g/mol. The minimum Gasteiger partial charge on any atom is -0.465 e. The Morgan fingerprint density at radius 1 is 1.50 bits per heavy atom. The molecular weight excluding hydrogens is 230 g/mol. The van der Waals surface area contributed by atoms with Crippen molar-refractivity contribution in [3.63, 3.8) is 0 Å². The van der Waals surface area contributed by atoms with Gasteiger partial charge in [0.1, 0.15) is 5.82 Å². The molecule has 0 saturated carbocycles. The Morgan fingerprint density at radius 2 is 2.17 bits per heavy atom. The molecule has 1 unspecified atom stereocenters. The molecule has 0 amide bonds. The maximum Gasteiger partial charge on any atom is 0.340 e. The standard InChI is InChI=1S/C13H21N3O2/c1-8(2)7-9(3)16-12-11(14)10(5-6-15-12)13(17)18-4/h5-6,8-9H,7,14H2,1-4H3,(H,15,16). The zero-order valence-corrected chi connectivity index (χ0v) is 11.4. The van der Waals surface area contributed by atoms with Gasteiger partial charge in [-0.3, -0.25) is 0 Å². The van der Waals surface area contributed by atoms with Crippen molar-refractivity contribution in [1.82, 2.24) is 4.98 Å². The van der Waals surface area contributed by atoms with Crippen LogP contribution in [0.5, 0.6) is 0 Å². The molecule has 1 aromatic rings. The highest BCUT2D eigenvalue weighted by molar-refractivity contribution is 5.97. The Kier molecular flexibility index (Phi) is 4.95. The molecule has 0 bridgehead atoms. The van der Waals surface area contributed by atoms with Crippen molar-refractivity contribution in [2.45, 2.75) is 33.2 Å².